The Kier molecular flexibility index (Phi) is 11.1. The lowest BCUT2D eigenvalue weighted by atomic mass is 10.0. The number of hydrogen-bond donors (Lipinski definition) is 1. The Labute approximate surface area is 135 Å². The molecule has 2 heteroatoms. The van der Waals surface area contributed by atoms with Crippen LogP contribution in [0.25, 0.3) is 11.1 Å². The molecule has 0 saturated heterocycles. The summed E-state index contributed by atoms with van der Waals surface area (Å²) in [5, 5.41) is 7.26. The van der Waals surface area contributed by atoms with Gasteiger partial charge in [0.25, 0.3) is 0 Å². The molecular weight excluding hydrogens is 268 g/mol. The van der Waals surface area contributed by atoms with E-state index in [0.29, 0.717) is 0 Å². The lowest BCUT2D eigenvalue weighted by Gasteiger charge is -2.04. The second-order valence-corrected chi connectivity index (χ2v) is 4.15. The number of allylic oxidation sites excluding steroid dienone is 11. The van der Waals surface area contributed by atoms with Crippen LogP contribution in [0.15, 0.2) is 67.5 Å². The molecule has 1 heterocycles. The van der Waals surface area contributed by atoms with Crippen molar-refractivity contribution in [2.45, 2.75) is 34.6 Å². The number of aromatic nitrogens is 2. The highest BCUT2D eigenvalue weighted by molar-refractivity contribution is 5.85. The first-order chi connectivity index (χ1) is 10.8. The molecular formula is C20H28N2. The standard InChI is InChI=1S/C18H22N2.C2H6/c1-5-9-12-15(8-4)18-17(14-19-20-18)16(11-7-3)13-10-6-2;1-2/h5-14H,1H2,2-4H3,(H,19,20);1-2H3/b10-6-,11-7-,12-9-,15-8+,16-13+;. The Hall–Kier alpha value is -2.35. The van der Waals surface area contributed by atoms with Crippen LogP contribution < -0.4 is 0 Å². The maximum absolute atomic E-state index is 4.19. The number of nitrogens with one attached hydrogen (secondary N) is 1. The van der Waals surface area contributed by atoms with Crippen LogP contribution in [0.5, 0.6) is 0 Å². The number of aromatic amines is 1. The molecule has 0 fully saturated rings. The zero-order valence-corrected chi connectivity index (χ0v) is 14.4. The van der Waals surface area contributed by atoms with Crippen molar-refractivity contribution in [3.8, 4) is 0 Å². The topological polar surface area (TPSA) is 28.7 Å². The summed E-state index contributed by atoms with van der Waals surface area (Å²) in [6, 6.07) is 0. The maximum atomic E-state index is 4.19. The van der Waals surface area contributed by atoms with Gasteiger partial charge in [0.2, 0.25) is 0 Å². The molecule has 0 amide bonds. The zero-order chi connectivity index (χ0) is 16.8. The maximum Gasteiger partial charge on any atom is 0.0725 e. The molecule has 0 radical (unpaired) electrons. The van der Waals surface area contributed by atoms with Gasteiger partial charge >= 0.3 is 0 Å². The van der Waals surface area contributed by atoms with Crippen molar-refractivity contribution in [1.82, 2.24) is 10.2 Å². The molecule has 0 unspecified atom stereocenters. The Morgan fingerprint density at radius 3 is 2.32 bits per heavy atom. The predicted molar refractivity (Wildman–Crippen MR) is 101 cm³/mol. The third kappa shape index (κ3) is 5.96. The average Bonchev–Trinajstić information content (AvgIpc) is 3.03. The van der Waals surface area contributed by atoms with E-state index >= 15 is 0 Å². The molecule has 1 rings (SSSR count). The molecule has 0 bridgehead atoms. The minimum absolute atomic E-state index is 1.01. The van der Waals surface area contributed by atoms with Gasteiger partial charge in [-0.15, -0.1) is 0 Å². The fourth-order valence-corrected chi connectivity index (χ4v) is 1.84. The van der Waals surface area contributed by atoms with Gasteiger partial charge in [-0.1, -0.05) is 75.1 Å². The lowest BCUT2D eigenvalue weighted by Crippen LogP contribution is -1.88. The van der Waals surface area contributed by atoms with E-state index in [9.17, 15) is 0 Å². The van der Waals surface area contributed by atoms with Crippen molar-refractivity contribution < 1.29 is 0 Å². The highest BCUT2D eigenvalue weighted by atomic mass is 15.1. The van der Waals surface area contributed by atoms with Crippen LogP contribution in [0.4, 0.5) is 0 Å². The summed E-state index contributed by atoms with van der Waals surface area (Å²) >= 11 is 0. The normalized spacial score (nSPS) is 13.0. The van der Waals surface area contributed by atoms with E-state index in [1.807, 2.05) is 71.2 Å². The van der Waals surface area contributed by atoms with Gasteiger partial charge in [-0.2, -0.15) is 5.10 Å². The Bertz CT molecular complexity index is 579. The van der Waals surface area contributed by atoms with Crippen LogP contribution in [-0.2, 0) is 0 Å². The smallest absolute Gasteiger partial charge is 0.0725 e. The van der Waals surface area contributed by atoms with E-state index in [1.54, 1.807) is 6.08 Å². The first kappa shape index (κ1) is 19.7. The molecule has 0 spiro atoms. The molecule has 1 aromatic rings. The van der Waals surface area contributed by atoms with Gasteiger partial charge in [-0.3, -0.25) is 5.10 Å². The Balaban J connectivity index is 0.00000211. The van der Waals surface area contributed by atoms with Gasteiger partial charge < -0.3 is 0 Å². The minimum Gasteiger partial charge on any atom is -0.277 e. The lowest BCUT2D eigenvalue weighted by molar-refractivity contribution is 1.07. The molecule has 2 nitrogen and oxygen atoms in total. The molecule has 22 heavy (non-hydrogen) atoms. The van der Waals surface area contributed by atoms with Gasteiger partial charge in [0.1, 0.15) is 0 Å². The average molecular weight is 296 g/mol. The van der Waals surface area contributed by atoms with E-state index in [2.05, 4.69) is 35.0 Å². The number of hydrogen-bond acceptors (Lipinski definition) is 1. The van der Waals surface area contributed by atoms with Crippen LogP contribution >= 0.6 is 0 Å². The van der Waals surface area contributed by atoms with E-state index in [-0.39, 0.29) is 0 Å². The third-order valence-corrected chi connectivity index (χ3v) is 2.78. The summed E-state index contributed by atoms with van der Waals surface area (Å²) in [7, 11) is 0. The molecule has 0 atom stereocenters. The highest BCUT2D eigenvalue weighted by Gasteiger charge is 2.09. The van der Waals surface area contributed by atoms with Crippen molar-refractivity contribution in [1.29, 1.82) is 0 Å². The summed E-state index contributed by atoms with van der Waals surface area (Å²) in [5.41, 5.74) is 4.32. The second-order valence-electron chi connectivity index (χ2n) is 4.15. The van der Waals surface area contributed by atoms with Crippen LogP contribution in [0.2, 0.25) is 0 Å². The van der Waals surface area contributed by atoms with E-state index in [1.165, 1.54) is 0 Å². The van der Waals surface area contributed by atoms with Crippen molar-refractivity contribution in [3.63, 3.8) is 0 Å². The summed E-state index contributed by atoms with van der Waals surface area (Å²) < 4.78 is 0. The molecule has 0 aliphatic heterocycles. The van der Waals surface area contributed by atoms with Crippen molar-refractivity contribution in [2.24, 2.45) is 0 Å². The highest BCUT2D eigenvalue weighted by Crippen LogP contribution is 2.25. The van der Waals surface area contributed by atoms with Crippen LogP contribution in [-0.4, -0.2) is 10.2 Å². The first-order valence-corrected chi connectivity index (χ1v) is 7.73. The van der Waals surface area contributed by atoms with E-state index in [4.69, 9.17) is 0 Å². The zero-order valence-electron chi connectivity index (χ0n) is 14.4. The van der Waals surface area contributed by atoms with Gasteiger partial charge in [0.15, 0.2) is 0 Å². The van der Waals surface area contributed by atoms with Crippen molar-refractivity contribution in [3.05, 3.63) is 78.7 Å². The summed E-state index contributed by atoms with van der Waals surface area (Å²) in [6.07, 6.45) is 19.9. The van der Waals surface area contributed by atoms with Gasteiger partial charge in [-0.05, 0) is 31.9 Å². The Morgan fingerprint density at radius 1 is 1.05 bits per heavy atom. The van der Waals surface area contributed by atoms with Crippen LogP contribution in [0.1, 0.15) is 45.9 Å². The van der Waals surface area contributed by atoms with Crippen LogP contribution in [0.3, 0.4) is 0 Å². The van der Waals surface area contributed by atoms with Gasteiger partial charge in [0.05, 0.1) is 11.9 Å². The first-order valence-electron chi connectivity index (χ1n) is 7.73. The SMILES string of the molecule is C=C/C=C\C(=C/C)c1[nH]ncc1C(/C=C\C)=C/C=C\C.CC. The minimum atomic E-state index is 1.01. The predicted octanol–water partition coefficient (Wildman–Crippen LogP) is 6.12. The van der Waals surface area contributed by atoms with E-state index < -0.39 is 0 Å². The number of nitrogens with zero attached hydrogens (tertiary/aromatic N) is 1. The summed E-state index contributed by atoms with van der Waals surface area (Å²) in [6.45, 7) is 13.7. The number of H-pyrrole nitrogens is 1. The van der Waals surface area contributed by atoms with Crippen molar-refractivity contribution >= 4 is 11.1 Å². The van der Waals surface area contributed by atoms with E-state index in [0.717, 1.165) is 22.4 Å². The summed E-state index contributed by atoms with van der Waals surface area (Å²) in [5.74, 6) is 0. The third-order valence-electron chi connectivity index (χ3n) is 2.78. The molecule has 0 aliphatic rings. The molecule has 118 valence electrons. The van der Waals surface area contributed by atoms with Crippen molar-refractivity contribution in [2.75, 3.05) is 0 Å². The fraction of sp³-hybridized carbons (Fsp3) is 0.250. The molecule has 0 aromatic carbocycles. The quantitative estimate of drug-likeness (QED) is 0.630. The van der Waals surface area contributed by atoms with Crippen LogP contribution in [0, 0.1) is 0 Å². The molecule has 0 saturated carbocycles. The molecule has 1 aromatic heterocycles. The summed E-state index contributed by atoms with van der Waals surface area (Å²) in [4.78, 5) is 0. The monoisotopic (exact) mass is 296 g/mol. The fourth-order valence-electron chi connectivity index (χ4n) is 1.84. The Morgan fingerprint density at radius 2 is 1.77 bits per heavy atom. The van der Waals surface area contributed by atoms with Gasteiger partial charge in [-0.25, -0.2) is 0 Å². The van der Waals surface area contributed by atoms with Gasteiger partial charge in [0, 0.05) is 5.56 Å². The molecule has 1 N–H and O–H groups in total. The molecule has 0 aliphatic carbocycles. The number of rotatable bonds is 6. The second kappa shape index (κ2) is 12.4. The largest absolute Gasteiger partial charge is 0.277 e.